The zero-order valence-corrected chi connectivity index (χ0v) is 10.5. The summed E-state index contributed by atoms with van der Waals surface area (Å²) in [5, 5.41) is 0. The smallest absolute Gasteiger partial charge is 0.175 e. The van der Waals surface area contributed by atoms with E-state index in [2.05, 4.69) is 0 Å². The van der Waals surface area contributed by atoms with E-state index in [4.69, 9.17) is 0 Å². The largest absolute Gasteiger partial charge is 0.229 e. The third kappa shape index (κ3) is 9.42. The standard InChI is InChI=1S/C7H8O2S.C2H6O2S/c1-10(8,9)7-5-3-2-4-6-7;1-5(2,3)4/h2-6H,1H3;1-2H3. The molecule has 0 heterocycles. The van der Waals surface area contributed by atoms with Crippen LogP contribution in [0.2, 0.25) is 0 Å². The van der Waals surface area contributed by atoms with E-state index < -0.39 is 19.7 Å². The van der Waals surface area contributed by atoms with Crippen molar-refractivity contribution in [2.45, 2.75) is 4.90 Å². The number of hydrogen-bond acceptors (Lipinski definition) is 4. The van der Waals surface area contributed by atoms with Crippen LogP contribution in [0.25, 0.3) is 0 Å². The van der Waals surface area contributed by atoms with E-state index >= 15 is 0 Å². The van der Waals surface area contributed by atoms with Crippen LogP contribution in [0.15, 0.2) is 35.2 Å². The molecule has 4 nitrogen and oxygen atoms in total. The molecular weight excluding hydrogens is 236 g/mol. The second-order valence-corrected chi connectivity index (χ2v) is 7.53. The highest BCUT2D eigenvalue weighted by molar-refractivity contribution is 7.90. The number of hydrogen-bond donors (Lipinski definition) is 0. The van der Waals surface area contributed by atoms with Gasteiger partial charge in [0.2, 0.25) is 0 Å². The zero-order chi connectivity index (χ0) is 12.1. The summed E-state index contributed by atoms with van der Waals surface area (Å²) in [6.07, 6.45) is 3.52. The predicted molar refractivity (Wildman–Crippen MR) is 60.3 cm³/mol. The van der Waals surface area contributed by atoms with Crippen molar-refractivity contribution in [3.8, 4) is 0 Å². The highest BCUT2D eigenvalue weighted by Crippen LogP contribution is 2.05. The van der Waals surface area contributed by atoms with Crippen LogP contribution in [0.5, 0.6) is 0 Å². The summed E-state index contributed by atoms with van der Waals surface area (Å²) < 4.78 is 40.9. The molecule has 1 aromatic carbocycles. The number of rotatable bonds is 1. The quantitative estimate of drug-likeness (QED) is 0.737. The molecule has 0 aliphatic rings. The van der Waals surface area contributed by atoms with Gasteiger partial charge in [-0.25, -0.2) is 16.8 Å². The molecule has 86 valence electrons. The molecular formula is C9H14O4S2. The van der Waals surface area contributed by atoms with Crippen LogP contribution in [0.3, 0.4) is 0 Å². The number of sulfone groups is 2. The van der Waals surface area contributed by atoms with Gasteiger partial charge >= 0.3 is 0 Å². The van der Waals surface area contributed by atoms with Gasteiger partial charge in [-0.3, -0.25) is 0 Å². The van der Waals surface area contributed by atoms with E-state index in [9.17, 15) is 16.8 Å². The Kier molecular flexibility index (Phi) is 4.96. The maximum atomic E-state index is 10.8. The van der Waals surface area contributed by atoms with Gasteiger partial charge < -0.3 is 0 Å². The average Bonchev–Trinajstić information content (AvgIpc) is 2.01. The van der Waals surface area contributed by atoms with Gasteiger partial charge in [0.15, 0.2) is 9.84 Å². The van der Waals surface area contributed by atoms with Crippen LogP contribution < -0.4 is 0 Å². The fraction of sp³-hybridized carbons (Fsp3) is 0.333. The molecule has 0 aliphatic carbocycles. The minimum atomic E-state index is -3.00. The van der Waals surface area contributed by atoms with Crippen LogP contribution in [0, 0.1) is 0 Å². The average molecular weight is 250 g/mol. The van der Waals surface area contributed by atoms with Crippen molar-refractivity contribution in [1.82, 2.24) is 0 Å². The van der Waals surface area contributed by atoms with Crippen molar-refractivity contribution in [2.24, 2.45) is 0 Å². The summed E-state index contributed by atoms with van der Waals surface area (Å²) in [5.74, 6) is 0. The van der Waals surface area contributed by atoms with E-state index in [0.717, 1.165) is 12.5 Å². The van der Waals surface area contributed by atoms with E-state index in [1.165, 1.54) is 6.26 Å². The van der Waals surface area contributed by atoms with Gasteiger partial charge in [-0.05, 0) is 12.1 Å². The Morgan fingerprint density at radius 2 is 1.13 bits per heavy atom. The first-order valence-electron chi connectivity index (χ1n) is 4.01. The second kappa shape index (κ2) is 5.27. The second-order valence-electron chi connectivity index (χ2n) is 3.23. The SMILES string of the molecule is CS(=O)(=O)c1ccccc1.CS(C)(=O)=O. The lowest BCUT2D eigenvalue weighted by Crippen LogP contribution is -1.95. The lowest BCUT2D eigenvalue weighted by atomic mass is 10.4. The van der Waals surface area contributed by atoms with Gasteiger partial charge in [-0.1, -0.05) is 18.2 Å². The fourth-order valence-electron chi connectivity index (χ4n) is 0.668. The molecule has 0 saturated heterocycles. The summed E-state index contributed by atoms with van der Waals surface area (Å²) in [6, 6.07) is 8.35. The van der Waals surface area contributed by atoms with Crippen LogP contribution in [-0.4, -0.2) is 35.6 Å². The molecule has 0 unspecified atom stereocenters. The highest BCUT2D eigenvalue weighted by Gasteiger charge is 2.02. The topological polar surface area (TPSA) is 68.3 Å². The molecule has 0 aromatic heterocycles. The van der Waals surface area contributed by atoms with Gasteiger partial charge in [0, 0.05) is 18.8 Å². The zero-order valence-electron chi connectivity index (χ0n) is 8.84. The van der Waals surface area contributed by atoms with Crippen LogP contribution >= 0.6 is 0 Å². The molecule has 1 aromatic rings. The molecule has 6 heteroatoms. The Balaban J connectivity index is 0.000000336. The monoisotopic (exact) mass is 250 g/mol. The molecule has 0 amide bonds. The van der Waals surface area contributed by atoms with E-state index in [-0.39, 0.29) is 0 Å². The number of benzene rings is 1. The minimum Gasteiger partial charge on any atom is -0.229 e. The molecule has 1 rings (SSSR count). The normalized spacial score (nSPS) is 11.4. The van der Waals surface area contributed by atoms with Crippen molar-refractivity contribution >= 4 is 19.7 Å². The van der Waals surface area contributed by atoms with Gasteiger partial charge in [0.25, 0.3) is 0 Å². The third-order valence-electron chi connectivity index (χ3n) is 1.17. The van der Waals surface area contributed by atoms with Crippen LogP contribution in [0.4, 0.5) is 0 Å². The van der Waals surface area contributed by atoms with Crippen LogP contribution in [-0.2, 0) is 19.7 Å². The van der Waals surface area contributed by atoms with Gasteiger partial charge in [0.1, 0.15) is 9.84 Å². The Labute approximate surface area is 90.8 Å². The molecule has 15 heavy (non-hydrogen) atoms. The summed E-state index contributed by atoms with van der Waals surface area (Å²) in [5.41, 5.74) is 0. The van der Waals surface area contributed by atoms with Gasteiger partial charge in [-0.2, -0.15) is 0 Å². The first-order chi connectivity index (χ1) is 6.61. The lowest BCUT2D eigenvalue weighted by Gasteiger charge is -1.93. The maximum Gasteiger partial charge on any atom is 0.175 e. The summed E-state index contributed by atoms with van der Waals surface area (Å²) >= 11 is 0. The van der Waals surface area contributed by atoms with E-state index in [0.29, 0.717) is 4.90 Å². The third-order valence-corrected chi connectivity index (χ3v) is 2.30. The molecule has 0 spiro atoms. The summed E-state index contributed by atoms with van der Waals surface area (Å²) in [4.78, 5) is 0.370. The van der Waals surface area contributed by atoms with Crippen molar-refractivity contribution in [3.05, 3.63) is 30.3 Å². The lowest BCUT2D eigenvalue weighted by molar-refractivity contribution is 0.601. The minimum absolute atomic E-state index is 0.370. The molecule has 0 bridgehead atoms. The molecule has 0 N–H and O–H groups in total. The molecule has 0 radical (unpaired) electrons. The van der Waals surface area contributed by atoms with E-state index in [1.807, 2.05) is 0 Å². The van der Waals surface area contributed by atoms with Crippen LogP contribution in [0.1, 0.15) is 0 Å². The Morgan fingerprint density at radius 1 is 0.800 bits per heavy atom. The fourth-order valence-corrected chi connectivity index (χ4v) is 1.32. The Hall–Kier alpha value is -0.880. The van der Waals surface area contributed by atoms with Gasteiger partial charge in [-0.15, -0.1) is 0 Å². The summed E-state index contributed by atoms with van der Waals surface area (Å²) in [6.45, 7) is 0. The highest BCUT2D eigenvalue weighted by atomic mass is 32.2. The molecule has 0 aliphatic heterocycles. The molecule has 0 saturated carbocycles. The molecule has 0 fully saturated rings. The van der Waals surface area contributed by atoms with Crippen molar-refractivity contribution < 1.29 is 16.8 Å². The Morgan fingerprint density at radius 3 is 1.33 bits per heavy atom. The maximum absolute atomic E-state index is 10.8. The van der Waals surface area contributed by atoms with E-state index in [1.54, 1.807) is 30.3 Å². The van der Waals surface area contributed by atoms with Gasteiger partial charge in [0.05, 0.1) is 4.90 Å². The first kappa shape index (κ1) is 14.1. The summed E-state index contributed by atoms with van der Waals surface area (Å²) in [7, 11) is -5.67. The van der Waals surface area contributed by atoms with Crippen molar-refractivity contribution in [1.29, 1.82) is 0 Å². The Bertz CT molecular complexity index is 478. The predicted octanol–water partition coefficient (Wildman–Crippen LogP) is 0.751. The van der Waals surface area contributed by atoms with Crippen molar-refractivity contribution in [2.75, 3.05) is 18.8 Å². The van der Waals surface area contributed by atoms with Crippen molar-refractivity contribution in [3.63, 3.8) is 0 Å². The molecule has 0 atom stereocenters. The first-order valence-corrected chi connectivity index (χ1v) is 8.20.